The number of benzene rings is 2. The number of rotatable bonds is 6. The molecule has 1 heterocycles. The number of likely N-dealkylation sites (N-methyl/N-ethyl adjacent to an activating group) is 1. The molecule has 0 saturated heterocycles. The zero-order valence-electron chi connectivity index (χ0n) is 15.0. The molecule has 7 heteroatoms. The molecular weight excluding hydrogens is 367 g/mol. The lowest BCUT2D eigenvalue weighted by atomic mass is 10.1. The van der Waals surface area contributed by atoms with Crippen LogP contribution in [0.4, 0.5) is 4.39 Å². The smallest absolute Gasteiger partial charge is 0.269 e. The van der Waals surface area contributed by atoms with E-state index in [0.717, 1.165) is 11.1 Å². The number of hydrogen-bond donors (Lipinski definition) is 2. The van der Waals surface area contributed by atoms with E-state index in [-0.39, 0.29) is 17.8 Å². The van der Waals surface area contributed by atoms with E-state index in [9.17, 15) is 9.18 Å². The molecule has 3 rings (SSSR count). The molecule has 0 saturated carbocycles. The van der Waals surface area contributed by atoms with Crippen molar-refractivity contribution in [3.63, 3.8) is 0 Å². The maximum atomic E-state index is 13.0. The molecule has 1 aromatic heterocycles. The first-order valence-corrected chi connectivity index (χ1v) is 8.84. The molecule has 0 spiro atoms. The van der Waals surface area contributed by atoms with Crippen molar-refractivity contribution in [2.45, 2.75) is 6.04 Å². The first kappa shape index (κ1) is 19.1. The van der Waals surface area contributed by atoms with Crippen LogP contribution in [0.15, 0.2) is 54.6 Å². The van der Waals surface area contributed by atoms with Crippen LogP contribution in [-0.4, -0.2) is 41.6 Å². The van der Waals surface area contributed by atoms with Gasteiger partial charge < -0.3 is 10.2 Å². The maximum Gasteiger partial charge on any atom is 0.269 e. The highest BCUT2D eigenvalue weighted by atomic mass is 35.5. The van der Waals surface area contributed by atoms with Gasteiger partial charge in [-0.2, -0.15) is 5.10 Å². The molecule has 1 unspecified atom stereocenters. The fourth-order valence-corrected chi connectivity index (χ4v) is 3.07. The normalized spacial score (nSPS) is 12.2. The molecule has 1 atom stereocenters. The third kappa shape index (κ3) is 4.53. The van der Waals surface area contributed by atoms with Crippen LogP contribution in [0, 0.1) is 5.82 Å². The lowest BCUT2D eigenvalue weighted by Crippen LogP contribution is -2.34. The molecule has 0 aliphatic heterocycles. The van der Waals surface area contributed by atoms with Gasteiger partial charge in [0.2, 0.25) is 0 Å². The summed E-state index contributed by atoms with van der Waals surface area (Å²) in [5.41, 5.74) is 2.59. The van der Waals surface area contributed by atoms with Crippen molar-refractivity contribution in [3.05, 3.63) is 76.7 Å². The van der Waals surface area contributed by atoms with Crippen molar-refractivity contribution in [2.24, 2.45) is 0 Å². The first-order valence-electron chi connectivity index (χ1n) is 8.46. The molecule has 0 bridgehead atoms. The second-order valence-corrected chi connectivity index (χ2v) is 6.79. The highest BCUT2D eigenvalue weighted by Gasteiger charge is 2.19. The van der Waals surface area contributed by atoms with Gasteiger partial charge in [0.1, 0.15) is 11.5 Å². The van der Waals surface area contributed by atoms with Crippen LogP contribution in [0.25, 0.3) is 11.3 Å². The van der Waals surface area contributed by atoms with Crippen molar-refractivity contribution >= 4 is 17.5 Å². The van der Waals surface area contributed by atoms with Crippen LogP contribution in [0.3, 0.4) is 0 Å². The standard InChI is InChI=1S/C20H20ClFN4O/c1-26(2)19(15-5-3-4-6-16(15)21)12-23-20(27)18-11-17(24-25-18)13-7-9-14(22)10-8-13/h3-11,19H,12H2,1-2H3,(H,23,27)(H,24,25). The van der Waals surface area contributed by atoms with Crippen LogP contribution in [0.2, 0.25) is 5.02 Å². The van der Waals surface area contributed by atoms with E-state index in [0.29, 0.717) is 23.0 Å². The Labute approximate surface area is 162 Å². The molecule has 3 aromatic rings. The van der Waals surface area contributed by atoms with Gasteiger partial charge >= 0.3 is 0 Å². The number of H-pyrrole nitrogens is 1. The number of amides is 1. The zero-order chi connectivity index (χ0) is 19.4. The summed E-state index contributed by atoms with van der Waals surface area (Å²) in [4.78, 5) is 14.5. The number of hydrogen-bond acceptors (Lipinski definition) is 3. The Bertz CT molecular complexity index is 924. The largest absolute Gasteiger partial charge is 0.349 e. The Morgan fingerprint density at radius 1 is 1.22 bits per heavy atom. The topological polar surface area (TPSA) is 61.0 Å². The van der Waals surface area contributed by atoms with E-state index < -0.39 is 0 Å². The van der Waals surface area contributed by atoms with Gasteiger partial charge in [0, 0.05) is 17.1 Å². The predicted octanol–water partition coefficient (Wildman–Crippen LogP) is 3.90. The predicted molar refractivity (Wildman–Crippen MR) is 104 cm³/mol. The van der Waals surface area contributed by atoms with Crippen LogP contribution in [0.5, 0.6) is 0 Å². The average molecular weight is 387 g/mol. The fraction of sp³-hybridized carbons (Fsp3) is 0.200. The Kier molecular flexibility index (Phi) is 5.88. The molecule has 2 aromatic carbocycles. The molecule has 0 aliphatic carbocycles. The summed E-state index contributed by atoms with van der Waals surface area (Å²) < 4.78 is 13.0. The molecule has 5 nitrogen and oxygen atoms in total. The molecule has 0 fully saturated rings. The number of nitrogens with zero attached hydrogens (tertiary/aromatic N) is 2. The summed E-state index contributed by atoms with van der Waals surface area (Å²) in [6, 6.07) is 15.1. The zero-order valence-corrected chi connectivity index (χ0v) is 15.8. The SMILES string of the molecule is CN(C)C(CNC(=O)c1cc(-c2ccc(F)cc2)n[nH]1)c1ccccc1Cl. The highest BCUT2D eigenvalue weighted by molar-refractivity contribution is 6.31. The molecule has 2 N–H and O–H groups in total. The van der Waals surface area contributed by atoms with Gasteiger partial charge in [0.15, 0.2) is 0 Å². The number of carbonyl (C=O) groups excluding carboxylic acids is 1. The van der Waals surface area contributed by atoms with E-state index in [4.69, 9.17) is 11.6 Å². The summed E-state index contributed by atoms with van der Waals surface area (Å²) in [6.07, 6.45) is 0. The van der Waals surface area contributed by atoms with Crippen molar-refractivity contribution in [2.75, 3.05) is 20.6 Å². The lowest BCUT2D eigenvalue weighted by molar-refractivity contribution is 0.0937. The second kappa shape index (κ2) is 8.33. The van der Waals surface area contributed by atoms with Gasteiger partial charge in [0.25, 0.3) is 5.91 Å². The third-order valence-corrected chi connectivity index (χ3v) is 4.65. The molecular formula is C20H20ClFN4O. The van der Waals surface area contributed by atoms with Gasteiger partial charge in [-0.25, -0.2) is 4.39 Å². The number of aromatic amines is 1. The van der Waals surface area contributed by atoms with Crippen molar-refractivity contribution < 1.29 is 9.18 Å². The molecule has 0 radical (unpaired) electrons. The van der Waals surface area contributed by atoms with Crippen molar-refractivity contribution in [1.82, 2.24) is 20.4 Å². The van der Waals surface area contributed by atoms with E-state index in [1.807, 2.05) is 43.3 Å². The quantitative estimate of drug-likeness (QED) is 0.675. The summed E-state index contributed by atoms with van der Waals surface area (Å²) in [7, 11) is 3.87. The molecule has 1 amide bonds. The van der Waals surface area contributed by atoms with Crippen LogP contribution >= 0.6 is 11.6 Å². The van der Waals surface area contributed by atoms with E-state index >= 15 is 0 Å². The third-order valence-electron chi connectivity index (χ3n) is 4.31. The Morgan fingerprint density at radius 2 is 1.93 bits per heavy atom. The Balaban J connectivity index is 1.70. The number of aromatic nitrogens is 2. The minimum Gasteiger partial charge on any atom is -0.349 e. The van der Waals surface area contributed by atoms with E-state index in [2.05, 4.69) is 15.5 Å². The van der Waals surface area contributed by atoms with E-state index in [1.165, 1.54) is 12.1 Å². The van der Waals surface area contributed by atoms with Gasteiger partial charge in [0.05, 0.1) is 11.7 Å². The van der Waals surface area contributed by atoms with Gasteiger partial charge in [-0.15, -0.1) is 0 Å². The Morgan fingerprint density at radius 3 is 2.59 bits per heavy atom. The number of nitrogens with one attached hydrogen (secondary N) is 2. The maximum absolute atomic E-state index is 13.0. The van der Waals surface area contributed by atoms with Crippen LogP contribution in [-0.2, 0) is 0 Å². The van der Waals surface area contributed by atoms with E-state index in [1.54, 1.807) is 18.2 Å². The van der Waals surface area contributed by atoms with Crippen LogP contribution < -0.4 is 5.32 Å². The summed E-state index contributed by atoms with van der Waals surface area (Å²) in [6.45, 7) is 0.389. The average Bonchev–Trinajstić information content (AvgIpc) is 3.14. The summed E-state index contributed by atoms with van der Waals surface area (Å²) >= 11 is 6.30. The molecule has 0 aliphatic rings. The molecule has 140 valence electrons. The number of carbonyl (C=O) groups is 1. The van der Waals surface area contributed by atoms with Crippen molar-refractivity contribution in [3.8, 4) is 11.3 Å². The minimum absolute atomic E-state index is 0.0675. The second-order valence-electron chi connectivity index (χ2n) is 6.38. The van der Waals surface area contributed by atoms with Gasteiger partial charge in [-0.1, -0.05) is 29.8 Å². The number of halogens is 2. The molecule has 27 heavy (non-hydrogen) atoms. The highest BCUT2D eigenvalue weighted by Crippen LogP contribution is 2.25. The van der Waals surface area contributed by atoms with Gasteiger partial charge in [-0.3, -0.25) is 9.89 Å². The van der Waals surface area contributed by atoms with Gasteiger partial charge in [-0.05, 0) is 56.1 Å². The minimum atomic E-state index is -0.318. The summed E-state index contributed by atoms with van der Waals surface area (Å²) in [5.74, 6) is -0.587. The monoisotopic (exact) mass is 386 g/mol. The fourth-order valence-electron chi connectivity index (χ4n) is 2.81. The lowest BCUT2D eigenvalue weighted by Gasteiger charge is -2.25. The van der Waals surface area contributed by atoms with Crippen molar-refractivity contribution in [1.29, 1.82) is 0 Å². The first-order chi connectivity index (χ1) is 13.0. The Hall–Kier alpha value is -2.70. The summed E-state index contributed by atoms with van der Waals surface area (Å²) in [5, 5.41) is 10.4. The van der Waals surface area contributed by atoms with Crippen LogP contribution in [0.1, 0.15) is 22.1 Å².